The van der Waals surface area contributed by atoms with E-state index in [1.165, 1.54) is 6.07 Å². The molecule has 0 saturated carbocycles. The first kappa shape index (κ1) is 18.2. The molecule has 0 fully saturated rings. The van der Waals surface area contributed by atoms with Gasteiger partial charge in [0.25, 0.3) is 0 Å². The molecule has 7 rings (SSSR count). The summed E-state index contributed by atoms with van der Waals surface area (Å²) in [5, 5.41) is 3.98. The van der Waals surface area contributed by atoms with Crippen LogP contribution in [-0.2, 0) is 0 Å². The van der Waals surface area contributed by atoms with Gasteiger partial charge in [-0.1, -0.05) is 54.6 Å². The third kappa shape index (κ3) is 2.71. The summed E-state index contributed by atoms with van der Waals surface area (Å²) in [6.07, 6.45) is 0. The second-order valence-electron chi connectivity index (χ2n) is 8.22. The second-order valence-corrected chi connectivity index (χ2v) is 8.22. The number of benzene rings is 5. The molecular weight excluding hydrogens is 411 g/mol. The van der Waals surface area contributed by atoms with Crippen LogP contribution in [0.15, 0.2) is 108 Å². The first-order chi connectivity index (χ1) is 16.3. The minimum atomic E-state index is -0.248. The van der Waals surface area contributed by atoms with Crippen LogP contribution in [0.25, 0.3) is 60.8 Å². The van der Waals surface area contributed by atoms with E-state index >= 15 is 0 Å². The van der Waals surface area contributed by atoms with Crippen LogP contribution in [0.5, 0.6) is 0 Å². The summed E-state index contributed by atoms with van der Waals surface area (Å²) in [6, 6.07) is 33.2. The molecule has 2 aromatic heterocycles. The third-order valence-electron chi connectivity index (χ3n) is 6.25. The molecule has 3 nitrogen and oxygen atoms in total. The molecule has 5 aromatic carbocycles. The Kier molecular flexibility index (Phi) is 3.73. The molecule has 4 heteroatoms. The fourth-order valence-electron chi connectivity index (χ4n) is 4.74. The third-order valence-corrected chi connectivity index (χ3v) is 6.25. The number of halogens is 1. The lowest BCUT2D eigenvalue weighted by Gasteiger charge is -2.11. The molecule has 0 atom stereocenters. The molecule has 0 aliphatic rings. The number of hydrogen-bond acceptors (Lipinski definition) is 2. The molecule has 0 aliphatic carbocycles. The Bertz CT molecular complexity index is 1840. The van der Waals surface area contributed by atoms with Gasteiger partial charge < -0.3 is 4.42 Å². The number of hydrogen-bond donors (Lipinski definition) is 0. The Morgan fingerprint density at radius 1 is 0.697 bits per heavy atom. The van der Waals surface area contributed by atoms with Crippen molar-refractivity contribution < 1.29 is 8.81 Å². The molecule has 2 heterocycles. The SMILES string of the molecule is Fc1ccc2ccc(-n3c(-c4cccc5c4oc4ccccc45)nc4ccccc43)cc2c1. The minimum absolute atomic E-state index is 0.248. The van der Waals surface area contributed by atoms with E-state index in [1.54, 1.807) is 12.1 Å². The van der Waals surface area contributed by atoms with Crippen molar-refractivity contribution in [3.63, 3.8) is 0 Å². The number of imidazole rings is 1. The number of para-hydroxylation sites is 4. The number of fused-ring (bicyclic) bond motifs is 5. The van der Waals surface area contributed by atoms with Gasteiger partial charge >= 0.3 is 0 Å². The van der Waals surface area contributed by atoms with Crippen LogP contribution in [0.2, 0.25) is 0 Å². The largest absolute Gasteiger partial charge is 0.455 e. The summed E-state index contributed by atoms with van der Waals surface area (Å²) < 4.78 is 22.4. The van der Waals surface area contributed by atoms with Gasteiger partial charge in [-0.05, 0) is 59.3 Å². The monoisotopic (exact) mass is 428 g/mol. The lowest BCUT2D eigenvalue weighted by molar-refractivity contribution is 0.630. The van der Waals surface area contributed by atoms with Crippen molar-refractivity contribution in [3.8, 4) is 17.1 Å². The summed E-state index contributed by atoms with van der Waals surface area (Å²) in [5.41, 5.74) is 5.37. The van der Waals surface area contributed by atoms with Crippen LogP contribution < -0.4 is 0 Å². The van der Waals surface area contributed by atoms with Gasteiger partial charge in [0.15, 0.2) is 0 Å². The molecule has 0 bridgehead atoms. The zero-order valence-electron chi connectivity index (χ0n) is 17.5. The first-order valence-electron chi connectivity index (χ1n) is 10.8. The van der Waals surface area contributed by atoms with Gasteiger partial charge in [0.1, 0.15) is 22.8 Å². The zero-order valence-corrected chi connectivity index (χ0v) is 17.5. The maximum absolute atomic E-state index is 14.0. The van der Waals surface area contributed by atoms with E-state index in [2.05, 4.69) is 28.8 Å². The van der Waals surface area contributed by atoms with E-state index in [0.717, 1.165) is 60.8 Å². The van der Waals surface area contributed by atoms with Crippen molar-refractivity contribution in [2.75, 3.05) is 0 Å². The van der Waals surface area contributed by atoms with Crippen molar-refractivity contribution in [2.45, 2.75) is 0 Å². The quantitative estimate of drug-likeness (QED) is 0.280. The van der Waals surface area contributed by atoms with Crippen molar-refractivity contribution in [2.24, 2.45) is 0 Å². The van der Waals surface area contributed by atoms with Gasteiger partial charge in [0.05, 0.1) is 16.6 Å². The molecule has 0 unspecified atom stereocenters. The lowest BCUT2D eigenvalue weighted by Crippen LogP contribution is -1.98. The smallest absolute Gasteiger partial charge is 0.149 e. The predicted molar refractivity (Wildman–Crippen MR) is 131 cm³/mol. The number of furan rings is 1. The van der Waals surface area contributed by atoms with Crippen molar-refractivity contribution >= 4 is 43.7 Å². The van der Waals surface area contributed by atoms with Crippen LogP contribution in [0.1, 0.15) is 0 Å². The topological polar surface area (TPSA) is 31.0 Å². The second kappa shape index (κ2) is 6.78. The van der Waals surface area contributed by atoms with E-state index in [-0.39, 0.29) is 5.82 Å². The molecule has 0 amide bonds. The molecule has 156 valence electrons. The molecule has 0 radical (unpaired) electrons. The molecule has 7 aromatic rings. The summed E-state index contributed by atoms with van der Waals surface area (Å²) in [5.74, 6) is 0.541. The summed E-state index contributed by atoms with van der Waals surface area (Å²) in [4.78, 5) is 5.01. The standard InChI is InChI=1S/C29H17FN2O/c30-20-14-12-18-13-15-21(17-19(18)16-20)32-26-10-3-2-9-25(26)31-29(32)24-8-5-7-23-22-6-1-4-11-27(22)33-28(23)24/h1-17H. The highest BCUT2D eigenvalue weighted by molar-refractivity contribution is 6.09. The van der Waals surface area contributed by atoms with Crippen LogP contribution in [-0.4, -0.2) is 9.55 Å². The van der Waals surface area contributed by atoms with Gasteiger partial charge in [-0.25, -0.2) is 9.37 Å². The fraction of sp³-hybridized carbons (Fsp3) is 0. The average molecular weight is 428 g/mol. The Balaban J connectivity index is 1.57. The number of aromatic nitrogens is 2. The van der Waals surface area contributed by atoms with E-state index in [9.17, 15) is 4.39 Å². The van der Waals surface area contributed by atoms with Crippen molar-refractivity contribution in [3.05, 3.63) is 109 Å². The van der Waals surface area contributed by atoms with Gasteiger partial charge in [0, 0.05) is 16.5 Å². The molecule has 33 heavy (non-hydrogen) atoms. The van der Waals surface area contributed by atoms with Gasteiger partial charge in [-0.3, -0.25) is 4.57 Å². The van der Waals surface area contributed by atoms with Gasteiger partial charge in [0.2, 0.25) is 0 Å². The maximum atomic E-state index is 14.0. The number of nitrogens with zero attached hydrogens (tertiary/aromatic N) is 2. The van der Waals surface area contributed by atoms with Crippen molar-refractivity contribution in [1.29, 1.82) is 0 Å². The Morgan fingerprint density at radius 2 is 1.52 bits per heavy atom. The Labute approximate surface area is 188 Å². The summed E-state index contributed by atoms with van der Waals surface area (Å²) >= 11 is 0. The summed E-state index contributed by atoms with van der Waals surface area (Å²) in [6.45, 7) is 0. The number of rotatable bonds is 2. The van der Waals surface area contributed by atoms with Crippen LogP contribution in [0.4, 0.5) is 4.39 Å². The average Bonchev–Trinajstić information content (AvgIpc) is 3.42. The molecular formula is C29H17FN2O. The maximum Gasteiger partial charge on any atom is 0.149 e. The van der Waals surface area contributed by atoms with E-state index in [4.69, 9.17) is 9.40 Å². The normalized spacial score (nSPS) is 11.8. The fourth-order valence-corrected chi connectivity index (χ4v) is 4.74. The Hall–Kier alpha value is -4.44. The minimum Gasteiger partial charge on any atom is -0.455 e. The van der Waals surface area contributed by atoms with Crippen LogP contribution >= 0.6 is 0 Å². The molecule has 0 aliphatic heterocycles. The molecule has 0 spiro atoms. The lowest BCUT2D eigenvalue weighted by atomic mass is 10.1. The van der Waals surface area contributed by atoms with Crippen molar-refractivity contribution in [1.82, 2.24) is 9.55 Å². The first-order valence-corrected chi connectivity index (χ1v) is 10.8. The Morgan fingerprint density at radius 3 is 2.48 bits per heavy atom. The summed E-state index contributed by atoms with van der Waals surface area (Å²) in [7, 11) is 0. The van der Waals surface area contributed by atoms with Gasteiger partial charge in [-0.15, -0.1) is 0 Å². The van der Waals surface area contributed by atoms with E-state index < -0.39 is 0 Å². The van der Waals surface area contributed by atoms with E-state index in [0.29, 0.717) is 0 Å². The van der Waals surface area contributed by atoms with Crippen LogP contribution in [0.3, 0.4) is 0 Å². The van der Waals surface area contributed by atoms with E-state index in [1.807, 2.05) is 60.7 Å². The highest BCUT2D eigenvalue weighted by Crippen LogP contribution is 2.38. The highest BCUT2D eigenvalue weighted by Gasteiger charge is 2.19. The molecule has 0 saturated heterocycles. The highest BCUT2D eigenvalue weighted by atomic mass is 19.1. The van der Waals surface area contributed by atoms with Crippen LogP contribution in [0, 0.1) is 5.82 Å². The zero-order chi connectivity index (χ0) is 21.9. The molecule has 0 N–H and O–H groups in total. The van der Waals surface area contributed by atoms with Gasteiger partial charge in [-0.2, -0.15) is 0 Å². The predicted octanol–water partition coefficient (Wildman–Crippen LogP) is 7.88.